The van der Waals surface area contributed by atoms with Gasteiger partial charge in [-0.25, -0.2) is 0 Å². The summed E-state index contributed by atoms with van der Waals surface area (Å²) >= 11 is 0. The van der Waals surface area contributed by atoms with E-state index in [2.05, 4.69) is 182 Å². The highest BCUT2D eigenvalue weighted by Gasteiger charge is 2.48. The first kappa shape index (κ1) is 32.0. The summed E-state index contributed by atoms with van der Waals surface area (Å²) in [5.41, 5.74) is 0. The molecule has 2 aliphatic rings. The number of hydrogen-bond donors (Lipinski definition) is 0. The van der Waals surface area contributed by atoms with Gasteiger partial charge in [-0.15, -0.1) is 0 Å². The maximum Gasteiger partial charge on any atom is 0.148 e. The molecule has 6 aromatic carbocycles. The summed E-state index contributed by atoms with van der Waals surface area (Å²) in [7, 11) is -4.07. The predicted octanol–water partition coefficient (Wildman–Crippen LogP) is 6.56. The number of aldehydes is 1. The van der Waals surface area contributed by atoms with Crippen LogP contribution in [0.4, 0.5) is 0 Å². The fourth-order valence-electron chi connectivity index (χ4n) is 7.86. The van der Waals surface area contributed by atoms with E-state index in [4.69, 9.17) is 0 Å². The van der Waals surface area contributed by atoms with Crippen LogP contribution in [0.1, 0.15) is 19.3 Å². The fourth-order valence-corrected chi connectivity index (χ4v) is 18.4. The lowest BCUT2D eigenvalue weighted by Gasteiger charge is -2.34. The second-order valence-corrected chi connectivity index (χ2v) is 21.6. The van der Waals surface area contributed by atoms with E-state index in [1.54, 1.807) is 15.6 Å². The molecular weight excluding hydrogens is 613 g/mol. The molecule has 238 valence electrons. The van der Waals surface area contributed by atoms with Gasteiger partial charge < -0.3 is 4.79 Å². The normalized spacial score (nSPS) is 17.1. The van der Waals surface area contributed by atoms with Crippen molar-refractivity contribution < 1.29 is 4.79 Å². The van der Waals surface area contributed by atoms with Crippen molar-refractivity contribution >= 4 is 53.6 Å². The van der Waals surface area contributed by atoms with Crippen LogP contribution in [-0.2, 0) is 4.79 Å². The van der Waals surface area contributed by atoms with Crippen molar-refractivity contribution in [2.45, 2.75) is 31.4 Å². The van der Waals surface area contributed by atoms with Crippen LogP contribution >= 0.6 is 0 Å². The molecule has 2 aliphatic carbocycles. The van der Waals surface area contributed by atoms with Gasteiger partial charge >= 0.3 is 0 Å². The molecule has 0 heterocycles. The van der Waals surface area contributed by atoms with E-state index in [1.165, 1.54) is 34.4 Å². The Bertz CT molecular complexity index is 1670. The van der Waals surface area contributed by atoms with Gasteiger partial charge in [-0.05, 0) is 61.5 Å². The quantitative estimate of drug-likeness (QED) is 0.0878. The third-order valence-electron chi connectivity index (χ3n) is 10.6. The number of benzene rings is 6. The standard InChI is InChI=1S/C23H22OSi.C22H22Si/c24-17-19-16-20(19)18-25(21-10-4-1-5-11-21,22-12-6-2-7-13-22)23-14-8-3-9-15-23;1-4-10-20(11-5-1)23(18-19-16-17-19,21-12-6-2-7-13-21)22-14-8-3-9-15-22/h1-15,17,19-20H,16,18H2;1-15,19H,16-18H2/t19-,20+;/m0./s1. The molecule has 0 spiro atoms. The summed E-state index contributed by atoms with van der Waals surface area (Å²) in [5, 5.41) is 8.94. The Balaban J connectivity index is 0.000000152. The summed E-state index contributed by atoms with van der Waals surface area (Å²) in [4.78, 5) is 11.3. The molecule has 2 atom stereocenters. The second kappa shape index (κ2) is 14.7. The lowest BCUT2D eigenvalue weighted by atomic mass is 10.3. The Morgan fingerprint density at radius 1 is 0.417 bits per heavy atom. The van der Waals surface area contributed by atoms with E-state index in [9.17, 15) is 4.79 Å². The Labute approximate surface area is 288 Å². The molecule has 0 bridgehead atoms. The van der Waals surface area contributed by atoms with E-state index in [0.29, 0.717) is 5.92 Å². The van der Waals surface area contributed by atoms with Crippen LogP contribution in [0.2, 0.25) is 12.1 Å². The van der Waals surface area contributed by atoms with Crippen LogP contribution in [0.3, 0.4) is 0 Å². The molecule has 2 fully saturated rings. The first-order valence-corrected chi connectivity index (χ1v) is 21.9. The first-order valence-electron chi connectivity index (χ1n) is 17.5. The highest BCUT2D eigenvalue weighted by atomic mass is 28.3. The summed E-state index contributed by atoms with van der Waals surface area (Å²) in [6.07, 6.45) is 5.01. The van der Waals surface area contributed by atoms with Gasteiger partial charge in [0.2, 0.25) is 0 Å². The minimum atomic E-state index is -2.14. The molecule has 0 aromatic heterocycles. The van der Waals surface area contributed by atoms with Gasteiger partial charge in [0.15, 0.2) is 0 Å². The summed E-state index contributed by atoms with van der Waals surface area (Å²) in [6, 6.07) is 69.0. The molecule has 0 unspecified atom stereocenters. The van der Waals surface area contributed by atoms with E-state index >= 15 is 0 Å². The lowest BCUT2D eigenvalue weighted by molar-refractivity contribution is -0.109. The van der Waals surface area contributed by atoms with Crippen molar-refractivity contribution in [3.8, 4) is 0 Å². The van der Waals surface area contributed by atoms with Gasteiger partial charge in [0, 0.05) is 5.92 Å². The molecule has 48 heavy (non-hydrogen) atoms. The molecule has 2 saturated carbocycles. The summed E-state index contributed by atoms with van der Waals surface area (Å²) in [5.74, 6) is 1.68. The van der Waals surface area contributed by atoms with Crippen LogP contribution in [0.25, 0.3) is 0 Å². The van der Waals surface area contributed by atoms with Gasteiger partial charge in [0.25, 0.3) is 0 Å². The van der Waals surface area contributed by atoms with E-state index < -0.39 is 16.1 Å². The smallest absolute Gasteiger partial charge is 0.148 e. The Kier molecular flexibility index (Phi) is 9.78. The van der Waals surface area contributed by atoms with Gasteiger partial charge in [-0.3, -0.25) is 0 Å². The van der Waals surface area contributed by atoms with E-state index in [-0.39, 0.29) is 5.92 Å². The molecule has 0 saturated heterocycles. The molecule has 1 nitrogen and oxygen atoms in total. The van der Waals surface area contributed by atoms with E-state index in [0.717, 1.165) is 24.7 Å². The van der Waals surface area contributed by atoms with Crippen molar-refractivity contribution in [3.63, 3.8) is 0 Å². The summed E-state index contributed by atoms with van der Waals surface area (Å²) in [6.45, 7) is 0. The third kappa shape index (κ3) is 6.71. The summed E-state index contributed by atoms with van der Waals surface area (Å²) < 4.78 is 0. The average molecular weight is 657 g/mol. The highest BCUT2D eigenvalue weighted by Crippen LogP contribution is 2.42. The van der Waals surface area contributed by atoms with Gasteiger partial charge in [0.05, 0.1) is 0 Å². The third-order valence-corrected chi connectivity index (χ3v) is 20.9. The molecule has 3 heteroatoms. The lowest BCUT2D eigenvalue weighted by Crippen LogP contribution is -2.67. The highest BCUT2D eigenvalue weighted by molar-refractivity contribution is 7.12. The Morgan fingerprint density at radius 3 is 0.917 bits per heavy atom. The van der Waals surface area contributed by atoms with Crippen molar-refractivity contribution in [2.24, 2.45) is 17.8 Å². The SMILES string of the molecule is O=C[C@@H]1C[C@@H]1C[Si](c1ccccc1)(c1ccccc1)c1ccccc1.c1ccc([Si](CC2CC2)(c2ccccc2)c2ccccc2)cc1. The Morgan fingerprint density at radius 2 is 0.688 bits per heavy atom. The fraction of sp³-hybridized carbons (Fsp3) is 0.178. The van der Waals surface area contributed by atoms with Crippen molar-refractivity contribution in [1.29, 1.82) is 0 Å². The zero-order chi connectivity index (χ0) is 32.7. The Hall–Kier alpha value is -4.58. The van der Waals surface area contributed by atoms with Crippen LogP contribution in [0, 0.1) is 17.8 Å². The maximum atomic E-state index is 11.3. The van der Waals surface area contributed by atoms with Crippen LogP contribution in [-0.4, -0.2) is 22.4 Å². The molecule has 8 rings (SSSR count). The maximum absolute atomic E-state index is 11.3. The minimum absolute atomic E-state index is 0.253. The predicted molar refractivity (Wildman–Crippen MR) is 208 cm³/mol. The first-order chi connectivity index (χ1) is 23.7. The van der Waals surface area contributed by atoms with Crippen molar-refractivity contribution in [3.05, 3.63) is 182 Å². The zero-order valence-corrected chi connectivity index (χ0v) is 29.6. The minimum Gasteiger partial charge on any atom is -0.303 e. The molecule has 0 N–H and O–H groups in total. The average Bonchev–Trinajstić information content (AvgIpc) is 4.13. The molecular formula is C45H44OSi2. The van der Waals surface area contributed by atoms with Crippen molar-refractivity contribution in [1.82, 2.24) is 0 Å². The van der Waals surface area contributed by atoms with Gasteiger partial charge in [-0.2, -0.15) is 0 Å². The number of carbonyl (C=O) groups is 1. The number of hydrogen-bond acceptors (Lipinski definition) is 1. The monoisotopic (exact) mass is 656 g/mol. The number of carbonyl (C=O) groups excluding carboxylic acids is 1. The molecule has 0 aliphatic heterocycles. The molecule has 0 radical (unpaired) electrons. The largest absolute Gasteiger partial charge is 0.303 e. The van der Waals surface area contributed by atoms with Gasteiger partial charge in [0.1, 0.15) is 22.4 Å². The zero-order valence-electron chi connectivity index (χ0n) is 27.6. The van der Waals surface area contributed by atoms with Gasteiger partial charge in [-0.1, -0.05) is 195 Å². The second-order valence-electron chi connectivity index (χ2n) is 13.7. The topological polar surface area (TPSA) is 17.1 Å². The van der Waals surface area contributed by atoms with E-state index in [1.807, 2.05) is 0 Å². The van der Waals surface area contributed by atoms with Crippen LogP contribution in [0.15, 0.2) is 182 Å². The van der Waals surface area contributed by atoms with Crippen molar-refractivity contribution in [2.75, 3.05) is 0 Å². The van der Waals surface area contributed by atoms with Crippen LogP contribution < -0.4 is 31.1 Å². The van der Waals surface area contributed by atoms with Crippen LogP contribution in [0.5, 0.6) is 0 Å². The number of rotatable bonds is 11. The molecule has 6 aromatic rings. The molecule has 0 amide bonds.